The topological polar surface area (TPSA) is 107 Å². The number of nitrogens with zero attached hydrogens (tertiary/aromatic N) is 4. The van der Waals surface area contributed by atoms with Crippen LogP contribution in [0.5, 0.6) is 5.88 Å². The first-order valence-electron chi connectivity index (χ1n) is 8.66. The molecule has 0 saturated heterocycles. The van der Waals surface area contributed by atoms with Crippen molar-refractivity contribution in [2.75, 3.05) is 18.5 Å². The normalized spacial score (nSPS) is 15.1. The van der Waals surface area contributed by atoms with Crippen LogP contribution in [-0.2, 0) is 0 Å². The highest BCUT2D eigenvalue weighted by Gasteiger charge is 2.20. The van der Waals surface area contributed by atoms with Crippen LogP contribution in [-0.4, -0.2) is 39.3 Å². The predicted molar refractivity (Wildman–Crippen MR) is 90.6 cm³/mol. The smallest absolute Gasteiger partial charge is 0.320 e. The lowest BCUT2D eigenvalue weighted by Gasteiger charge is -2.24. The van der Waals surface area contributed by atoms with E-state index in [9.17, 15) is 4.79 Å². The first kappa shape index (κ1) is 17.2. The van der Waals surface area contributed by atoms with Crippen molar-refractivity contribution in [3.63, 3.8) is 0 Å². The second-order valence-electron chi connectivity index (χ2n) is 6.29. The van der Waals surface area contributed by atoms with E-state index >= 15 is 0 Å². The van der Waals surface area contributed by atoms with E-state index in [1.54, 1.807) is 6.92 Å². The number of carbonyl (C=O) groups excluding carboxylic acids is 1. The number of nitrogens with one attached hydrogen (secondary N) is 2. The molecular formula is C16H24N6O3. The summed E-state index contributed by atoms with van der Waals surface area (Å²) in [6.45, 7) is 4.29. The molecule has 0 spiro atoms. The van der Waals surface area contributed by atoms with Gasteiger partial charge >= 0.3 is 6.03 Å². The number of aryl methyl sites for hydroxylation is 2. The van der Waals surface area contributed by atoms with E-state index in [-0.39, 0.29) is 12.6 Å². The van der Waals surface area contributed by atoms with Gasteiger partial charge in [0.15, 0.2) is 0 Å². The number of rotatable bonds is 6. The molecule has 9 heteroatoms. The summed E-state index contributed by atoms with van der Waals surface area (Å²) in [6.07, 6.45) is 5.92. The summed E-state index contributed by atoms with van der Waals surface area (Å²) < 4.78 is 11.9. The number of urea groups is 1. The van der Waals surface area contributed by atoms with Crippen LogP contribution < -0.4 is 15.4 Å². The lowest BCUT2D eigenvalue weighted by atomic mass is 9.96. The van der Waals surface area contributed by atoms with Crippen molar-refractivity contribution in [3.8, 4) is 5.88 Å². The summed E-state index contributed by atoms with van der Waals surface area (Å²) in [6, 6.07) is 1.98. The Labute approximate surface area is 146 Å². The monoisotopic (exact) mass is 348 g/mol. The Bertz CT molecular complexity index is 705. The molecule has 1 saturated carbocycles. The SMILES string of the molecule is Cc1cc(NC(=O)NCCOc2nonc2C)n(C2CCCCC2)n1. The third kappa shape index (κ3) is 4.49. The first-order chi connectivity index (χ1) is 12.1. The molecule has 2 amide bonds. The summed E-state index contributed by atoms with van der Waals surface area (Å²) in [7, 11) is 0. The average Bonchev–Trinajstić information content (AvgIpc) is 3.18. The van der Waals surface area contributed by atoms with Gasteiger partial charge in [-0.1, -0.05) is 24.4 Å². The highest BCUT2D eigenvalue weighted by Crippen LogP contribution is 2.30. The van der Waals surface area contributed by atoms with Gasteiger partial charge in [0.2, 0.25) is 0 Å². The van der Waals surface area contributed by atoms with Crippen molar-refractivity contribution in [3.05, 3.63) is 17.5 Å². The lowest BCUT2D eigenvalue weighted by molar-refractivity contribution is 0.240. The Kier molecular flexibility index (Phi) is 5.52. The van der Waals surface area contributed by atoms with E-state index in [2.05, 4.69) is 30.7 Å². The number of carbonyl (C=O) groups is 1. The number of anilines is 1. The highest BCUT2D eigenvalue weighted by molar-refractivity contribution is 5.88. The first-order valence-corrected chi connectivity index (χ1v) is 8.66. The Hall–Kier alpha value is -2.58. The van der Waals surface area contributed by atoms with Crippen molar-refractivity contribution < 1.29 is 14.2 Å². The molecule has 0 aliphatic heterocycles. The zero-order valence-corrected chi connectivity index (χ0v) is 14.6. The zero-order valence-electron chi connectivity index (χ0n) is 14.6. The molecule has 2 aromatic rings. The van der Waals surface area contributed by atoms with E-state index in [1.807, 2.05) is 17.7 Å². The molecule has 1 fully saturated rings. The molecule has 0 atom stereocenters. The number of ether oxygens (including phenoxy) is 1. The maximum absolute atomic E-state index is 12.1. The molecule has 0 radical (unpaired) electrons. The molecule has 0 unspecified atom stereocenters. The summed E-state index contributed by atoms with van der Waals surface area (Å²) in [5.41, 5.74) is 1.48. The largest absolute Gasteiger partial charge is 0.472 e. The van der Waals surface area contributed by atoms with Gasteiger partial charge in [0.1, 0.15) is 18.1 Å². The van der Waals surface area contributed by atoms with Gasteiger partial charge in [-0.2, -0.15) is 5.10 Å². The quantitative estimate of drug-likeness (QED) is 0.777. The number of aromatic nitrogens is 4. The van der Waals surface area contributed by atoms with Gasteiger partial charge in [-0.25, -0.2) is 14.1 Å². The molecule has 0 bridgehead atoms. The molecule has 3 rings (SSSR count). The summed E-state index contributed by atoms with van der Waals surface area (Å²) in [5, 5.41) is 17.4. The van der Waals surface area contributed by atoms with E-state index in [0.717, 1.165) is 24.4 Å². The Balaban J connectivity index is 1.48. The molecule has 1 aliphatic rings. The number of hydrogen-bond acceptors (Lipinski definition) is 6. The molecule has 2 aromatic heterocycles. The van der Waals surface area contributed by atoms with Crippen LogP contribution in [0.4, 0.5) is 10.6 Å². The van der Waals surface area contributed by atoms with Crippen molar-refractivity contribution in [1.82, 2.24) is 25.4 Å². The molecule has 2 N–H and O–H groups in total. The van der Waals surface area contributed by atoms with Crippen LogP contribution in [0, 0.1) is 13.8 Å². The fourth-order valence-electron chi connectivity index (χ4n) is 3.04. The van der Waals surface area contributed by atoms with E-state index < -0.39 is 0 Å². The Morgan fingerprint density at radius 1 is 1.32 bits per heavy atom. The van der Waals surface area contributed by atoms with Crippen molar-refractivity contribution in [1.29, 1.82) is 0 Å². The lowest BCUT2D eigenvalue weighted by Crippen LogP contribution is -2.33. The maximum atomic E-state index is 12.1. The third-order valence-corrected chi connectivity index (χ3v) is 4.26. The van der Waals surface area contributed by atoms with E-state index in [4.69, 9.17) is 4.74 Å². The minimum Gasteiger partial charge on any atom is -0.472 e. The van der Waals surface area contributed by atoms with Crippen molar-refractivity contribution in [2.45, 2.75) is 52.0 Å². The molecule has 9 nitrogen and oxygen atoms in total. The summed E-state index contributed by atoms with van der Waals surface area (Å²) in [4.78, 5) is 12.1. The van der Waals surface area contributed by atoms with Gasteiger partial charge in [0.05, 0.1) is 18.3 Å². The number of amides is 2. The molecule has 136 valence electrons. The zero-order chi connectivity index (χ0) is 17.6. The van der Waals surface area contributed by atoms with Gasteiger partial charge in [0, 0.05) is 6.07 Å². The minimum atomic E-state index is -0.282. The summed E-state index contributed by atoms with van der Waals surface area (Å²) >= 11 is 0. The molecule has 2 heterocycles. The van der Waals surface area contributed by atoms with Crippen LogP contribution in [0.2, 0.25) is 0 Å². The van der Waals surface area contributed by atoms with Gasteiger partial charge in [0.25, 0.3) is 5.88 Å². The fraction of sp³-hybridized carbons (Fsp3) is 0.625. The van der Waals surface area contributed by atoms with Gasteiger partial charge in [-0.05, 0) is 31.8 Å². The van der Waals surface area contributed by atoms with E-state index in [1.165, 1.54) is 19.3 Å². The van der Waals surface area contributed by atoms with Crippen LogP contribution >= 0.6 is 0 Å². The van der Waals surface area contributed by atoms with Gasteiger partial charge < -0.3 is 10.1 Å². The standard InChI is InChI=1S/C16H24N6O3/c1-11-10-14(22(19-11)13-6-4-3-5-7-13)18-16(23)17-8-9-24-15-12(2)20-25-21-15/h10,13H,3-9H2,1-2H3,(H2,17,18,23). The number of hydrogen-bond donors (Lipinski definition) is 2. The maximum Gasteiger partial charge on any atom is 0.320 e. The van der Waals surface area contributed by atoms with Crippen LogP contribution in [0.1, 0.15) is 49.5 Å². The van der Waals surface area contributed by atoms with Crippen LogP contribution in [0.15, 0.2) is 10.7 Å². The van der Waals surface area contributed by atoms with Crippen molar-refractivity contribution in [2.24, 2.45) is 0 Å². The summed E-state index contributed by atoms with van der Waals surface area (Å²) in [5.74, 6) is 1.08. The average molecular weight is 348 g/mol. The minimum absolute atomic E-state index is 0.281. The second kappa shape index (κ2) is 8.00. The Morgan fingerprint density at radius 2 is 2.12 bits per heavy atom. The molecule has 0 aromatic carbocycles. The highest BCUT2D eigenvalue weighted by atomic mass is 16.6. The van der Waals surface area contributed by atoms with Crippen molar-refractivity contribution >= 4 is 11.8 Å². The Morgan fingerprint density at radius 3 is 2.84 bits per heavy atom. The molecule has 1 aliphatic carbocycles. The van der Waals surface area contributed by atoms with E-state index in [0.29, 0.717) is 24.2 Å². The molecule has 25 heavy (non-hydrogen) atoms. The molecular weight excluding hydrogens is 324 g/mol. The van der Waals surface area contributed by atoms with Crippen LogP contribution in [0.3, 0.4) is 0 Å². The third-order valence-electron chi connectivity index (χ3n) is 4.26. The van der Waals surface area contributed by atoms with Gasteiger partial charge in [-0.3, -0.25) is 5.32 Å². The predicted octanol–water partition coefficient (Wildman–Crippen LogP) is 2.59. The van der Waals surface area contributed by atoms with Crippen LogP contribution in [0.25, 0.3) is 0 Å². The van der Waals surface area contributed by atoms with Gasteiger partial charge in [-0.15, -0.1) is 0 Å². The fourth-order valence-corrected chi connectivity index (χ4v) is 3.04. The second-order valence-corrected chi connectivity index (χ2v) is 6.29.